The molecule has 1 unspecified atom stereocenters. The van der Waals surface area contributed by atoms with Crippen molar-refractivity contribution in [3.05, 3.63) is 59.2 Å². The Hall–Kier alpha value is -2.82. The SMILES string of the molecule is CO/N=C1/c2ccccc2-c2ccc(CCCCCC3NN=C(C)O3)cc21. The van der Waals surface area contributed by atoms with Crippen LogP contribution in [0.2, 0.25) is 0 Å². The first-order chi connectivity index (χ1) is 13.3. The summed E-state index contributed by atoms with van der Waals surface area (Å²) in [5, 5.41) is 8.35. The topological polar surface area (TPSA) is 55.2 Å². The van der Waals surface area contributed by atoms with Crippen molar-refractivity contribution >= 4 is 11.6 Å². The lowest BCUT2D eigenvalue weighted by molar-refractivity contribution is 0.171. The lowest BCUT2D eigenvalue weighted by Crippen LogP contribution is -2.21. The average molecular weight is 363 g/mol. The van der Waals surface area contributed by atoms with Gasteiger partial charge < -0.3 is 9.57 Å². The number of hydrogen-bond acceptors (Lipinski definition) is 5. The molecule has 1 heterocycles. The van der Waals surface area contributed by atoms with Crippen molar-refractivity contribution in [2.24, 2.45) is 10.3 Å². The Balaban J connectivity index is 1.37. The number of nitrogens with one attached hydrogen (secondary N) is 1. The summed E-state index contributed by atoms with van der Waals surface area (Å²) in [5.41, 5.74) is 10.1. The quantitative estimate of drug-likeness (QED) is 0.498. The van der Waals surface area contributed by atoms with Crippen LogP contribution < -0.4 is 5.43 Å². The van der Waals surface area contributed by atoms with E-state index in [9.17, 15) is 0 Å². The fraction of sp³-hybridized carbons (Fsp3) is 0.364. The summed E-state index contributed by atoms with van der Waals surface area (Å²) in [4.78, 5) is 5.11. The Morgan fingerprint density at radius 3 is 2.63 bits per heavy atom. The maximum atomic E-state index is 5.56. The number of unbranched alkanes of at least 4 members (excludes halogenated alkanes) is 2. The van der Waals surface area contributed by atoms with Crippen LogP contribution in [-0.4, -0.2) is 24.9 Å². The van der Waals surface area contributed by atoms with Crippen LogP contribution in [0, 0.1) is 0 Å². The number of hydrogen-bond donors (Lipinski definition) is 1. The highest BCUT2D eigenvalue weighted by Gasteiger charge is 2.25. The molecule has 2 aromatic carbocycles. The van der Waals surface area contributed by atoms with E-state index in [1.54, 1.807) is 7.11 Å². The van der Waals surface area contributed by atoms with E-state index in [1.165, 1.54) is 28.7 Å². The molecule has 5 heteroatoms. The molecule has 0 spiro atoms. The van der Waals surface area contributed by atoms with E-state index in [0.717, 1.165) is 42.9 Å². The fourth-order valence-electron chi connectivity index (χ4n) is 3.82. The number of nitrogens with zero attached hydrogens (tertiary/aromatic N) is 2. The van der Waals surface area contributed by atoms with Gasteiger partial charge in [0, 0.05) is 24.5 Å². The third kappa shape index (κ3) is 3.68. The molecule has 1 aliphatic carbocycles. The molecule has 140 valence electrons. The van der Waals surface area contributed by atoms with E-state index < -0.39 is 0 Å². The molecule has 1 N–H and O–H groups in total. The highest BCUT2D eigenvalue weighted by molar-refractivity contribution is 6.24. The number of fused-ring (bicyclic) bond motifs is 3. The summed E-state index contributed by atoms with van der Waals surface area (Å²) >= 11 is 0. The molecule has 5 nitrogen and oxygen atoms in total. The summed E-state index contributed by atoms with van der Waals surface area (Å²) < 4.78 is 5.56. The van der Waals surface area contributed by atoms with Crippen LogP contribution in [0.3, 0.4) is 0 Å². The van der Waals surface area contributed by atoms with Gasteiger partial charge in [-0.25, -0.2) is 0 Å². The second kappa shape index (κ2) is 7.82. The molecule has 4 rings (SSSR count). The van der Waals surface area contributed by atoms with Crippen LogP contribution in [0.5, 0.6) is 0 Å². The fourth-order valence-corrected chi connectivity index (χ4v) is 3.82. The molecule has 0 amide bonds. The normalized spacial score (nSPS) is 18.5. The van der Waals surface area contributed by atoms with E-state index in [1.807, 2.05) is 13.0 Å². The maximum absolute atomic E-state index is 5.56. The predicted octanol–water partition coefficient (Wildman–Crippen LogP) is 4.45. The third-order valence-electron chi connectivity index (χ3n) is 5.10. The van der Waals surface area contributed by atoms with E-state index in [-0.39, 0.29) is 6.23 Å². The van der Waals surface area contributed by atoms with Gasteiger partial charge in [0.2, 0.25) is 5.90 Å². The van der Waals surface area contributed by atoms with Crippen LogP contribution in [0.15, 0.2) is 52.7 Å². The molecular weight excluding hydrogens is 338 g/mol. The molecule has 2 aliphatic rings. The lowest BCUT2D eigenvalue weighted by atomic mass is 9.99. The number of hydrazone groups is 1. The third-order valence-corrected chi connectivity index (χ3v) is 5.10. The van der Waals surface area contributed by atoms with Gasteiger partial charge in [0.05, 0.1) is 0 Å². The minimum Gasteiger partial charge on any atom is -0.455 e. The van der Waals surface area contributed by atoms with Crippen LogP contribution in [0.4, 0.5) is 0 Å². The molecule has 1 atom stereocenters. The van der Waals surface area contributed by atoms with Gasteiger partial charge in [-0.2, -0.15) is 0 Å². The van der Waals surface area contributed by atoms with E-state index in [4.69, 9.17) is 9.57 Å². The number of oxime groups is 1. The van der Waals surface area contributed by atoms with Gasteiger partial charge in [0.15, 0.2) is 6.23 Å². The Kier molecular flexibility index (Phi) is 5.10. The van der Waals surface area contributed by atoms with Gasteiger partial charge in [0.1, 0.15) is 12.8 Å². The largest absolute Gasteiger partial charge is 0.455 e. The molecular formula is C22H25N3O2. The molecule has 2 aromatic rings. The van der Waals surface area contributed by atoms with Gasteiger partial charge in [-0.1, -0.05) is 48.0 Å². The minimum absolute atomic E-state index is 0.0521. The number of ether oxygens (including phenoxy) is 1. The molecule has 0 radical (unpaired) electrons. The smallest absolute Gasteiger partial charge is 0.204 e. The number of benzene rings is 2. The molecule has 0 aromatic heterocycles. The predicted molar refractivity (Wildman–Crippen MR) is 108 cm³/mol. The van der Waals surface area contributed by atoms with Crippen LogP contribution in [0.25, 0.3) is 11.1 Å². The average Bonchev–Trinajstić information content (AvgIpc) is 3.23. The monoisotopic (exact) mass is 363 g/mol. The van der Waals surface area contributed by atoms with Crippen molar-refractivity contribution in [3.8, 4) is 11.1 Å². The Morgan fingerprint density at radius 2 is 1.85 bits per heavy atom. The summed E-state index contributed by atoms with van der Waals surface area (Å²) in [6.45, 7) is 1.88. The van der Waals surface area contributed by atoms with Gasteiger partial charge in [-0.15, -0.1) is 5.10 Å². The van der Waals surface area contributed by atoms with E-state index in [0.29, 0.717) is 0 Å². The Morgan fingerprint density at radius 1 is 1.04 bits per heavy atom. The van der Waals surface area contributed by atoms with Crippen LogP contribution >= 0.6 is 0 Å². The van der Waals surface area contributed by atoms with Crippen molar-refractivity contribution < 1.29 is 9.57 Å². The second-order valence-electron chi connectivity index (χ2n) is 7.01. The zero-order valence-electron chi connectivity index (χ0n) is 15.9. The highest BCUT2D eigenvalue weighted by Crippen LogP contribution is 2.37. The molecule has 1 aliphatic heterocycles. The maximum Gasteiger partial charge on any atom is 0.204 e. The van der Waals surface area contributed by atoms with Crippen molar-refractivity contribution in [2.45, 2.75) is 45.3 Å². The summed E-state index contributed by atoms with van der Waals surface area (Å²) in [6, 6.07) is 15.1. The first-order valence-corrected chi connectivity index (χ1v) is 9.57. The molecule has 0 saturated heterocycles. The molecule has 0 fully saturated rings. The highest BCUT2D eigenvalue weighted by atomic mass is 16.6. The van der Waals surface area contributed by atoms with Gasteiger partial charge in [-0.3, -0.25) is 5.43 Å². The van der Waals surface area contributed by atoms with E-state index in [2.05, 4.69) is 52.1 Å². The van der Waals surface area contributed by atoms with Crippen molar-refractivity contribution in [1.29, 1.82) is 0 Å². The van der Waals surface area contributed by atoms with Crippen LogP contribution in [0.1, 0.15) is 49.3 Å². The zero-order chi connectivity index (χ0) is 18.6. The van der Waals surface area contributed by atoms with Crippen LogP contribution in [-0.2, 0) is 16.0 Å². The second-order valence-corrected chi connectivity index (χ2v) is 7.01. The van der Waals surface area contributed by atoms with Crippen molar-refractivity contribution in [3.63, 3.8) is 0 Å². The first kappa shape index (κ1) is 17.6. The van der Waals surface area contributed by atoms with Gasteiger partial charge in [0.25, 0.3) is 0 Å². The molecule has 0 saturated carbocycles. The zero-order valence-corrected chi connectivity index (χ0v) is 15.9. The molecule has 27 heavy (non-hydrogen) atoms. The van der Waals surface area contributed by atoms with Crippen molar-refractivity contribution in [1.82, 2.24) is 5.43 Å². The number of aryl methyl sites for hydroxylation is 1. The standard InChI is InChI=1S/C22H25N3O2/c1-15-23-24-21(27-15)11-5-3-4-8-16-12-13-18-17-9-6-7-10-19(17)22(25-26-2)20(18)14-16/h6-7,9-10,12-14,21,24H,3-5,8,11H2,1-2H3/b25-22-. The van der Waals surface area contributed by atoms with E-state index >= 15 is 0 Å². The summed E-state index contributed by atoms with van der Waals surface area (Å²) in [6.07, 6.45) is 5.58. The van der Waals surface area contributed by atoms with Crippen molar-refractivity contribution in [2.75, 3.05) is 7.11 Å². The molecule has 0 bridgehead atoms. The first-order valence-electron chi connectivity index (χ1n) is 9.57. The Bertz CT molecular complexity index is 889. The summed E-state index contributed by atoms with van der Waals surface area (Å²) in [5.74, 6) is 0.729. The minimum atomic E-state index is 0.0521. The lowest BCUT2D eigenvalue weighted by Gasteiger charge is -2.10. The summed E-state index contributed by atoms with van der Waals surface area (Å²) in [7, 11) is 1.60. The van der Waals surface area contributed by atoms with Gasteiger partial charge in [-0.05, 0) is 42.0 Å². The van der Waals surface area contributed by atoms with Gasteiger partial charge >= 0.3 is 0 Å². The Labute approximate surface area is 160 Å². The number of rotatable bonds is 7.